The lowest BCUT2D eigenvalue weighted by Crippen LogP contribution is -2.58. The summed E-state index contributed by atoms with van der Waals surface area (Å²) in [4.78, 5) is 30.9. The minimum absolute atomic E-state index is 0.0350. The molecule has 1 atom stereocenters. The molecule has 1 saturated carbocycles. The van der Waals surface area contributed by atoms with Gasteiger partial charge in [-0.2, -0.15) is 0 Å². The van der Waals surface area contributed by atoms with Crippen LogP contribution in [0.5, 0.6) is 5.75 Å². The van der Waals surface area contributed by atoms with E-state index in [0.29, 0.717) is 6.54 Å². The molecule has 1 aliphatic carbocycles. The fraction of sp³-hybridized carbons (Fsp3) is 0.481. The molecule has 0 aromatic heterocycles. The lowest BCUT2D eigenvalue weighted by atomic mass is 9.91. The van der Waals surface area contributed by atoms with Gasteiger partial charge >= 0.3 is 0 Å². The molecule has 2 aromatic carbocycles. The second kappa shape index (κ2) is 10.7. The van der Waals surface area contributed by atoms with Crippen molar-refractivity contribution in [3.63, 3.8) is 0 Å². The molecule has 0 radical (unpaired) electrons. The van der Waals surface area contributed by atoms with Gasteiger partial charge in [0.1, 0.15) is 11.8 Å². The van der Waals surface area contributed by atoms with Gasteiger partial charge in [0.15, 0.2) is 0 Å². The highest BCUT2D eigenvalue weighted by molar-refractivity contribution is 5.95. The van der Waals surface area contributed by atoms with Crippen LogP contribution in [0.4, 0.5) is 0 Å². The van der Waals surface area contributed by atoms with Gasteiger partial charge in [0.2, 0.25) is 5.91 Å². The second-order valence-corrected chi connectivity index (χ2v) is 8.97. The molecule has 0 spiro atoms. The van der Waals surface area contributed by atoms with E-state index >= 15 is 0 Å². The summed E-state index contributed by atoms with van der Waals surface area (Å²) in [5.41, 5.74) is 2.05. The maximum Gasteiger partial charge on any atom is 0.250 e. The normalized spacial score (nSPS) is 20.7. The maximum absolute atomic E-state index is 13.8. The molecule has 1 heterocycles. The van der Waals surface area contributed by atoms with Crippen LogP contribution in [0, 0.1) is 0 Å². The Morgan fingerprint density at radius 2 is 1.53 bits per heavy atom. The van der Waals surface area contributed by atoms with E-state index in [9.17, 15) is 9.59 Å². The Balaban J connectivity index is 1.60. The summed E-state index contributed by atoms with van der Waals surface area (Å²) in [5.74, 6) is 0.860. The van der Waals surface area contributed by atoms with Crippen molar-refractivity contribution in [2.75, 3.05) is 20.2 Å². The van der Waals surface area contributed by atoms with Crippen LogP contribution in [0.3, 0.4) is 0 Å². The minimum Gasteiger partial charge on any atom is -0.497 e. The van der Waals surface area contributed by atoms with Crippen LogP contribution in [-0.2, 0) is 16.0 Å². The van der Waals surface area contributed by atoms with Crippen LogP contribution >= 0.6 is 0 Å². The van der Waals surface area contributed by atoms with Gasteiger partial charge in [0.05, 0.1) is 13.7 Å². The molecule has 0 bridgehead atoms. The van der Waals surface area contributed by atoms with Crippen molar-refractivity contribution in [1.82, 2.24) is 9.80 Å². The predicted octanol–water partition coefficient (Wildman–Crippen LogP) is 4.76. The zero-order chi connectivity index (χ0) is 22.3. The number of nitrogens with zero attached hydrogens (tertiary/aromatic N) is 2. The van der Waals surface area contributed by atoms with Gasteiger partial charge in [-0.25, -0.2) is 0 Å². The molecule has 1 aliphatic heterocycles. The van der Waals surface area contributed by atoms with Crippen molar-refractivity contribution in [2.24, 2.45) is 0 Å². The summed E-state index contributed by atoms with van der Waals surface area (Å²) in [7, 11) is 1.64. The van der Waals surface area contributed by atoms with E-state index in [2.05, 4.69) is 12.1 Å². The second-order valence-electron chi connectivity index (χ2n) is 8.97. The summed E-state index contributed by atoms with van der Waals surface area (Å²) >= 11 is 0. The topological polar surface area (TPSA) is 49.9 Å². The van der Waals surface area contributed by atoms with Crippen LogP contribution in [0.15, 0.2) is 54.6 Å². The van der Waals surface area contributed by atoms with Crippen molar-refractivity contribution in [3.8, 4) is 5.75 Å². The smallest absolute Gasteiger partial charge is 0.250 e. The van der Waals surface area contributed by atoms with Gasteiger partial charge < -0.3 is 14.5 Å². The van der Waals surface area contributed by atoms with Gasteiger partial charge in [-0.05, 0) is 42.5 Å². The van der Waals surface area contributed by atoms with E-state index in [0.717, 1.165) is 43.4 Å². The molecule has 2 amide bonds. The van der Waals surface area contributed by atoms with Crippen LogP contribution in [0.2, 0.25) is 0 Å². The number of rotatable bonds is 6. The minimum atomic E-state index is -0.553. The Bertz CT molecular complexity index is 889. The van der Waals surface area contributed by atoms with Crippen molar-refractivity contribution >= 4 is 11.8 Å². The first-order chi connectivity index (χ1) is 15.7. The Labute approximate surface area is 191 Å². The first-order valence-corrected chi connectivity index (χ1v) is 11.9. The van der Waals surface area contributed by atoms with Crippen molar-refractivity contribution in [1.29, 1.82) is 0 Å². The molecular formula is C27H34N2O3. The monoisotopic (exact) mass is 434 g/mol. The van der Waals surface area contributed by atoms with E-state index in [4.69, 9.17) is 4.74 Å². The first-order valence-electron chi connectivity index (χ1n) is 11.9. The highest BCUT2D eigenvalue weighted by Crippen LogP contribution is 2.34. The van der Waals surface area contributed by atoms with Gasteiger partial charge in [-0.1, -0.05) is 74.6 Å². The number of hydrogen-bond donors (Lipinski definition) is 0. The van der Waals surface area contributed by atoms with Gasteiger partial charge in [0, 0.05) is 12.6 Å². The summed E-state index contributed by atoms with van der Waals surface area (Å²) in [6.07, 6.45) is 8.65. The molecule has 5 nitrogen and oxygen atoms in total. The van der Waals surface area contributed by atoms with Gasteiger partial charge in [-0.15, -0.1) is 0 Å². The Morgan fingerprint density at radius 1 is 0.875 bits per heavy atom. The van der Waals surface area contributed by atoms with Crippen LogP contribution in [0.1, 0.15) is 62.1 Å². The lowest BCUT2D eigenvalue weighted by molar-refractivity contribution is -0.159. The van der Waals surface area contributed by atoms with E-state index < -0.39 is 6.04 Å². The number of benzene rings is 2. The van der Waals surface area contributed by atoms with E-state index in [1.807, 2.05) is 47.4 Å². The van der Waals surface area contributed by atoms with Crippen molar-refractivity contribution < 1.29 is 14.3 Å². The molecule has 5 heteroatoms. The average Bonchev–Trinajstić information content (AvgIpc) is 2.80. The SMILES string of the molecule is COc1ccc([C@@H]2C(=O)N(CCc3ccccc3)CC(=O)N2C2CCCCCCC2)cc1. The van der Waals surface area contributed by atoms with E-state index in [1.54, 1.807) is 12.0 Å². The molecule has 32 heavy (non-hydrogen) atoms. The third kappa shape index (κ3) is 5.14. The van der Waals surface area contributed by atoms with Crippen LogP contribution in [0.25, 0.3) is 0 Å². The molecule has 0 unspecified atom stereocenters. The Hall–Kier alpha value is -2.82. The zero-order valence-corrected chi connectivity index (χ0v) is 19.0. The molecule has 1 saturated heterocycles. The number of carbonyl (C=O) groups is 2. The van der Waals surface area contributed by atoms with Gasteiger partial charge in [0.25, 0.3) is 5.91 Å². The number of amides is 2. The molecule has 170 valence electrons. The average molecular weight is 435 g/mol. The lowest BCUT2D eigenvalue weighted by Gasteiger charge is -2.45. The van der Waals surface area contributed by atoms with Crippen LogP contribution < -0.4 is 4.74 Å². The molecule has 4 rings (SSSR count). The molecule has 2 aromatic rings. The standard InChI is InChI=1S/C27H34N2O3/c1-32-24-16-14-22(15-17-24)26-27(31)28(19-18-21-10-6-5-7-11-21)20-25(30)29(26)23-12-8-3-2-4-9-13-23/h5-7,10-11,14-17,23,26H,2-4,8-9,12-13,18-20H2,1H3/t26-/m1/s1. The third-order valence-corrected chi connectivity index (χ3v) is 6.85. The molecule has 2 aliphatic rings. The number of ether oxygens (including phenoxy) is 1. The fourth-order valence-corrected chi connectivity index (χ4v) is 5.07. The summed E-state index contributed by atoms with van der Waals surface area (Å²) in [6, 6.07) is 17.4. The molecule has 2 fully saturated rings. The number of hydrogen-bond acceptors (Lipinski definition) is 3. The first kappa shape index (κ1) is 22.4. The Morgan fingerprint density at radius 3 is 2.19 bits per heavy atom. The van der Waals surface area contributed by atoms with Crippen molar-refractivity contribution in [2.45, 2.75) is 63.5 Å². The van der Waals surface area contributed by atoms with Crippen molar-refractivity contribution in [3.05, 3.63) is 65.7 Å². The number of carbonyl (C=O) groups excluding carboxylic acids is 2. The zero-order valence-electron chi connectivity index (χ0n) is 19.0. The third-order valence-electron chi connectivity index (χ3n) is 6.85. The van der Waals surface area contributed by atoms with E-state index in [1.165, 1.54) is 24.8 Å². The summed E-state index contributed by atoms with van der Waals surface area (Å²) < 4.78 is 5.31. The summed E-state index contributed by atoms with van der Waals surface area (Å²) in [5, 5.41) is 0. The summed E-state index contributed by atoms with van der Waals surface area (Å²) in [6.45, 7) is 0.731. The van der Waals surface area contributed by atoms with Crippen LogP contribution in [-0.4, -0.2) is 47.9 Å². The molecule has 0 N–H and O–H groups in total. The largest absolute Gasteiger partial charge is 0.497 e. The molecular weight excluding hydrogens is 400 g/mol. The highest BCUT2D eigenvalue weighted by atomic mass is 16.5. The van der Waals surface area contributed by atoms with E-state index in [-0.39, 0.29) is 24.4 Å². The number of methoxy groups -OCH3 is 1. The quantitative estimate of drug-likeness (QED) is 0.658. The number of piperazine rings is 1. The van der Waals surface area contributed by atoms with Gasteiger partial charge in [-0.3, -0.25) is 9.59 Å². The fourth-order valence-electron chi connectivity index (χ4n) is 5.07. The highest BCUT2D eigenvalue weighted by Gasteiger charge is 2.43. The maximum atomic E-state index is 13.8. The predicted molar refractivity (Wildman–Crippen MR) is 125 cm³/mol. The Kier molecular flexibility index (Phi) is 7.46.